The van der Waals surface area contributed by atoms with Crippen molar-refractivity contribution in [2.75, 3.05) is 5.32 Å². The maximum atomic E-state index is 13.8. The molecule has 4 nitrogen and oxygen atoms in total. The Hall–Kier alpha value is -2.95. The van der Waals surface area contributed by atoms with Crippen molar-refractivity contribution in [3.05, 3.63) is 71.0 Å². The van der Waals surface area contributed by atoms with Crippen molar-refractivity contribution in [1.82, 2.24) is 4.98 Å². The third-order valence-corrected chi connectivity index (χ3v) is 3.73. The van der Waals surface area contributed by atoms with Crippen molar-refractivity contribution in [3.8, 4) is 11.3 Å². The van der Waals surface area contributed by atoms with Gasteiger partial charge in [-0.15, -0.1) is 0 Å². The molecular formula is C19H17FN2O2. The fourth-order valence-electron chi connectivity index (χ4n) is 2.65. The van der Waals surface area contributed by atoms with Crippen molar-refractivity contribution in [2.24, 2.45) is 0 Å². The summed E-state index contributed by atoms with van der Waals surface area (Å²) in [5, 5.41) is 2.81. The number of rotatable bonds is 3. The molecule has 0 aliphatic carbocycles. The minimum absolute atomic E-state index is 0.118. The molecule has 0 aliphatic rings. The Morgan fingerprint density at radius 2 is 1.88 bits per heavy atom. The zero-order chi connectivity index (χ0) is 17.3. The molecule has 0 radical (unpaired) electrons. The van der Waals surface area contributed by atoms with Crippen molar-refractivity contribution >= 4 is 11.6 Å². The van der Waals surface area contributed by atoms with Crippen molar-refractivity contribution in [2.45, 2.75) is 20.8 Å². The van der Waals surface area contributed by atoms with Crippen LogP contribution in [0.1, 0.15) is 27.5 Å². The second kappa shape index (κ2) is 6.28. The van der Waals surface area contributed by atoms with Gasteiger partial charge < -0.3 is 9.73 Å². The van der Waals surface area contributed by atoms with E-state index in [0.29, 0.717) is 17.0 Å². The fourth-order valence-corrected chi connectivity index (χ4v) is 2.65. The average molecular weight is 324 g/mol. The first kappa shape index (κ1) is 15.9. The number of aromatic nitrogens is 1. The highest BCUT2D eigenvalue weighted by molar-refractivity contribution is 6.03. The summed E-state index contributed by atoms with van der Waals surface area (Å²) in [6.45, 7) is 5.64. The molecule has 24 heavy (non-hydrogen) atoms. The van der Waals surface area contributed by atoms with Gasteiger partial charge in [0.2, 0.25) is 0 Å². The molecule has 2 heterocycles. The smallest absolute Gasteiger partial charge is 0.291 e. The van der Waals surface area contributed by atoms with Crippen LogP contribution in [-0.2, 0) is 0 Å². The zero-order valence-electron chi connectivity index (χ0n) is 13.7. The number of amides is 1. The minimum atomic E-state index is -0.395. The molecule has 122 valence electrons. The van der Waals surface area contributed by atoms with E-state index in [0.717, 1.165) is 17.0 Å². The number of pyridine rings is 1. The van der Waals surface area contributed by atoms with Gasteiger partial charge in [-0.25, -0.2) is 4.39 Å². The summed E-state index contributed by atoms with van der Waals surface area (Å²) in [5.41, 5.74) is 3.54. The number of benzene rings is 1. The summed E-state index contributed by atoms with van der Waals surface area (Å²) >= 11 is 0. The number of hydrogen-bond acceptors (Lipinski definition) is 3. The normalized spacial score (nSPS) is 10.7. The number of nitrogens with zero attached hydrogens (tertiary/aromatic N) is 1. The number of aryl methyl sites for hydroxylation is 3. The molecule has 0 unspecified atom stereocenters. The predicted molar refractivity (Wildman–Crippen MR) is 90.5 cm³/mol. The number of anilines is 1. The first-order valence-corrected chi connectivity index (χ1v) is 7.56. The number of hydrogen-bond donors (Lipinski definition) is 1. The molecule has 3 rings (SSSR count). The molecule has 1 aromatic carbocycles. The number of nitrogens with one attached hydrogen (secondary N) is 1. The standard InChI is InChI=1S/C19H17FN2O2/c1-11-10-12(2)21-13(3)18(11)22-19(23)17-9-8-16(24-17)14-6-4-5-7-15(14)20/h4-10H,1-3H3,(H,22,23). The second-order valence-corrected chi connectivity index (χ2v) is 5.64. The molecule has 2 aromatic heterocycles. The maximum absolute atomic E-state index is 13.8. The highest BCUT2D eigenvalue weighted by atomic mass is 19.1. The molecule has 0 aliphatic heterocycles. The number of halogens is 1. The van der Waals surface area contributed by atoms with E-state index < -0.39 is 11.7 Å². The molecule has 0 saturated carbocycles. The van der Waals surface area contributed by atoms with Crippen molar-refractivity contribution in [1.29, 1.82) is 0 Å². The van der Waals surface area contributed by atoms with Crippen LogP contribution in [0.2, 0.25) is 0 Å². The van der Waals surface area contributed by atoms with Crippen LogP contribution in [0.15, 0.2) is 46.9 Å². The zero-order valence-corrected chi connectivity index (χ0v) is 13.7. The third kappa shape index (κ3) is 3.06. The van der Waals surface area contributed by atoms with E-state index in [2.05, 4.69) is 10.3 Å². The van der Waals surface area contributed by atoms with E-state index in [1.54, 1.807) is 24.3 Å². The summed E-state index contributed by atoms with van der Waals surface area (Å²) < 4.78 is 19.3. The van der Waals surface area contributed by atoms with Crippen LogP contribution >= 0.6 is 0 Å². The lowest BCUT2D eigenvalue weighted by Crippen LogP contribution is -2.13. The van der Waals surface area contributed by atoms with E-state index in [9.17, 15) is 9.18 Å². The van der Waals surface area contributed by atoms with Gasteiger partial charge in [-0.05, 0) is 56.7 Å². The Balaban J connectivity index is 1.86. The predicted octanol–water partition coefficient (Wildman–Crippen LogP) is 4.66. The van der Waals surface area contributed by atoms with Crippen molar-refractivity contribution in [3.63, 3.8) is 0 Å². The average Bonchev–Trinajstić information content (AvgIpc) is 3.01. The number of carbonyl (C=O) groups is 1. The second-order valence-electron chi connectivity index (χ2n) is 5.64. The number of carbonyl (C=O) groups excluding carboxylic acids is 1. The summed E-state index contributed by atoms with van der Waals surface area (Å²) in [6.07, 6.45) is 0. The van der Waals surface area contributed by atoms with Gasteiger partial charge in [0, 0.05) is 5.69 Å². The van der Waals surface area contributed by atoms with E-state index in [-0.39, 0.29) is 5.76 Å². The molecule has 0 spiro atoms. The molecule has 0 atom stereocenters. The van der Waals surface area contributed by atoms with Crippen LogP contribution < -0.4 is 5.32 Å². The van der Waals surface area contributed by atoms with Crippen LogP contribution in [0.3, 0.4) is 0 Å². The van der Waals surface area contributed by atoms with Crippen LogP contribution in [0, 0.1) is 26.6 Å². The summed E-state index contributed by atoms with van der Waals surface area (Å²) in [5.74, 6) is -0.357. The third-order valence-electron chi connectivity index (χ3n) is 3.73. The van der Waals surface area contributed by atoms with Gasteiger partial charge >= 0.3 is 0 Å². The van der Waals surface area contributed by atoms with Gasteiger partial charge in [0.05, 0.1) is 16.9 Å². The van der Waals surface area contributed by atoms with Gasteiger partial charge in [-0.2, -0.15) is 0 Å². The Morgan fingerprint density at radius 3 is 2.58 bits per heavy atom. The van der Waals surface area contributed by atoms with Crippen LogP contribution in [0.4, 0.5) is 10.1 Å². The summed E-state index contributed by atoms with van der Waals surface area (Å²) in [7, 11) is 0. The van der Waals surface area contributed by atoms with E-state index >= 15 is 0 Å². The molecule has 1 N–H and O–H groups in total. The minimum Gasteiger partial charge on any atom is -0.451 e. The lowest BCUT2D eigenvalue weighted by atomic mass is 10.1. The quantitative estimate of drug-likeness (QED) is 0.762. The highest BCUT2D eigenvalue weighted by Gasteiger charge is 2.16. The highest BCUT2D eigenvalue weighted by Crippen LogP contribution is 2.26. The Kier molecular flexibility index (Phi) is 4.16. The molecule has 0 saturated heterocycles. The SMILES string of the molecule is Cc1cc(C)c(NC(=O)c2ccc(-c3ccccc3F)o2)c(C)n1. The lowest BCUT2D eigenvalue weighted by Gasteiger charge is -2.11. The molecule has 0 bridgehead atoms. The van der Waals surface area contributed by atoms with E-state index in [1.165, 1.54) is 12.1 Å². The van der Waals surface area contributed by atoms with Gasteiger partial charge in [-0.3, -0.25) is 9.78 Å². The van der Waals surface area contributed by atoms with Gasteiger partial charge in [0.25, 0.3) is 5.91 Å². The van der Waals surface area contributed by atoms with Gasteiger partial charge in [-0.1, -0.05) is 12.1 Å². The monoisotopic (exact) mass is 324 g/mol. The molecular weight excluding hydrogens is 307 g/mol. The first-order chi connectivity index (χ1) is 11.5. The largest absolute Gasteiger partial charge is 0.451 e. The van der Waals surface area contributed by atoms with Crippen LogP contribution in [0.25, 0.3) is 11.3 Å². The molecule has 5 heteroatoms. The lowest BCUT2D eigenvalue weighted by molar-refractivity contribution is 0.0997. The Morgan fingerprint density at radius 1 is 1.12 bits per heavy atom. The van der Waals surface area contributed by atoms with Gasteiger partial charge in [0.1, 0.15) is 11.6 Å². The summed E-state index contributed by atoms with van der Waals surface area (Å²) in [4.78, 5) is 16.8. The van der Waals surface area contributed by atoms with E-state index in [4.69, 9.17) is 4.42 Å². The maximum Gasteiger partial charge on any atom is 0.291 e. The summed E-state index contributed by atoms with van der Waals surface area (Å²) in [6, 6.07) is 11.3. The number of furan rings is 1. The molecule has 3 aromatic rings. The Bertz CT molecular complexity index is 892. The molecule has 1 amide bonds. The fraction of sp³-hybridized carbons (Fsp3) is 0.158. The van der Waals surface area contributed by atoms with Crippen molar-refractivity contribution < 1.29 is 13.6 Å². The Labute approximate surface area is 139 Å². The van der Waals surface area contributed by atoms with Crippen LogP contribution in [-0.4, -0.2) is 10.9 Å². The van der Waals surface area contributed by atoms with Gasteiger partial charge in [0.15, 0.2) is 5.76 Å². The van der Waals surface area contributed by atoms with E-state index in [1.807, 2.05) is 26.8 Å². The molecule has 0 fully saturated rings. The van der Waals surface area contributed by atoms with Crippen LogP contribution in [0.5, 0.6) is 0 Å². The topological polar surface area (TPSA) is 55.1 Å². The first-order valence-electron chi connectivity index (χ1n) is 7.56.